The lowest BCUT2D eigenvalue weighted by Crippen LogP contribution is -2.40. The molecular weight excluding hydrogens is 358 g/mol. The average Bonchev–Trinajstić information content (AvgIpc) is 2.96. The van der Waals surface area contributed by atoms with Crippen molar-refractivity contribution in [1.29, 1.82) is 0 Å². The molecule has 0 saturated carbocycles. The summed E-state index contributed by atoms with van der Waals surface area (Å²) in [6, 6.07) is 10.3. The van der Waals surface area contributed by atoms with Crippen molar-refractivity contribution in [3.8, 4) is 5.69 Å². The number of hydrogen-bond donors (Lipinski definition) is 1. The number of aryl methyl sites for hydroxylation is 1. The molecular formula is C21H27N3O2S. The number of likely N-dealkylation sites (tertiary alicyclic amines) is 1. The fourth-order valence-corrected chi connectivity index (χ4v) is 4.31. The van der Waals surface area contributed by atoms with Gasteiger partial charge in [-0.05, 0) is 70.3 Å². The highest BCUT2D eigenvalue weighted by atomic mass is 32.2. The molecule has 1 saturated heterocycles. The smallest absolute Gasteiger partial charge is 0.220 e. The molecule has 3 rings (SSSR count). The molecule has 0 aliphatic carbocycles. The summed E-state index contributed by atoms with van der Waals surface area (Å²) in [5.41, 5.74) is 9.28. The third kappa shape index (κ3) is 4.28. The van der Waals surface area contributed by atoms with E-state index in [9.17, 15) is 9.59 Å². The Kier molecular flexibility index (Phi) is 6.07. The van der Waals surface area contributed by atoms with E-state index in [1.165, 1.54) is 4.90 Å². The van der Waals surface area contributed by atoms with Gasteiger partial charge in [0, 0.05) is 33.5 Å². The zero-order valence-electron chi connectivity index (χ0n) is 16.2. The fourth-order valence-electron chi connectivity index (χ4n) is 3.86. The third-order valence-electron chi connectivity index (χ3n) is 5.40. The van der Waals surface area contributed by atoms with E-state index < -0.39 is 0 Å². The summed E-state index contributed by atoms with van der Waals surface area (Å²) in [7, 11) is 0. The molecule has 1 aliphatic heterocycles. The number of rotatable bonds is 6. The normalized spacial score (nSPS) is 15.8. The molecule has 2 N–H and O–H groups in total. The molecule has 2 aromatic rings. The Morgan fingerprint density at radius 1 is 1.19 bits per heavy atom. The number of carbonyl (C=O) groups is 2. The zero-order chi connectivity index (χ0) is 19.6. The van der Waals surface area contributed by atoms with Gasteiger partial charge in [0.1, 0.15) is 0 Å². The van der Waals surface area contributed by atoms with Crippen LogP contribution >= 0.6 is 11.8 Å². The second-order valence-corrected chi connectivity index (χ2v) is 8.08. The summed E-state index contributed by atoms with van der Waals surface area (Å²) in [4.78, 5) is 27.5. The molecule has 1 aromatic carbocycles. The minimum absolute atomic E-state index is 0.0508. The first-order chi connectivity index (χ1) is 12.9. The summed E-state index contributed by atoms with van der Waals surface area (Å²) in [5, 5.41) is 0. The molecule has 1 aliphatic rings. The molecule has 144 valence electrons. The molecule has 0 radical (unpaired) electrons. The van der Waals surface area contributed by atoms with Crippen LogP contribution < -0.4 is 5.73 Å². The maximum atomic E-state index is 12.9. The lowest BCUT2D eigenvalue weighted by molar-refractivity contribution is -0.123. The molecule has 0 bridgehead atoms. The molecule has 0 spiro atoms. The van der Waals surface area contributed by atoms with Gasteiger partial charge in [0.25, 0.3) is 0 Å². The Morgan fingerprint density at radius 2 is 1.89 bits per heavy atom. The van der Waals surface area contributed by atoms with Crippen LogP contribution in [0.1, 0.15) is 34.6 Å². The van der Waals surface area contributed by atoms with Crippen LogP contribution in [-0.4, -0.2) is 47.0 Å². The standard InChI is InChI=1S/C21H27N3O2S/c1-14-11-19(15(2)24(14)17-5-4-6-18(12-17)27-3)20(25)13-23-9-7-16(8-10-23)21(22)26/h4-6,11-12,16H,7-10,13H2,1-3H3,(H2,22,26). The van der Waals surface area contributed by atoms with Crippen molar-refractivity contribution in [2.45, 2.75) is 31.6 Å². The van der Waals surface area contributed by atoms with Crippen LogP contribution in [-0.2, 0) is 4.79 Å². The summed E-state index contributed by atoms with van der Waals surface area (Å²) >= 11 is 1.71. The second-order valence-electron chi connectivity index (χ2n) is 7.20. The van der Waals surface area contributed by atoms with Crippen LogP contribution in [0.4, 0.5) is 0 Å². The molecule has 0 atom stereocenters. The van der Waals surface area contributed by atoms with E-state index in [0.29, 0.717) is 6.54 Å². The lowest BCUT2D eigenvalue weighted by Gasteiger charge is -2.29. The van der Waals surface area contributed by atoms with Crippen LogP contribution in [0, 0.1) is 19.8 Å². The molecule has 1 amide bonds. The number of amides is 1. The van der Waals surface area contributed by atoms with Crippen LogP contribution in [0.15, 0.2) is 35.2 Å². The van der Waals surface area contributed by atoms with E-state index in [-0.39, 0.29) is 17.6 Å². The summed E-state index contributed by atoms with van der Waals surface area (Å²) < 4.78 is 2.15. The first-order valence-corrected chi connectivity index (χ1v) is 10.5. The number of carbonyl (C=O) groups excluding carboxylic acids is 2. The minimum Gasteiger partial charge on any atom is -0.369 e. The maximum absolute atomic E-state index is 12.9. The van der Waals surface area contributed by atoms with E-state index >= 15 is 0 Å². The summed E-state index contributed by atoms with van der Waals surface area (Å²) in [5.74, 6) is -0.144. The van der Waals surface area contributed by atoms with Crippen molar-refractivity contribution in [2.24, 2.45) is 11.7 Å². The number of hydrogen-bond acceptors (Lipinski definition) is 4. The SMILES string of the molecule is CSc1cccc(-n2c(C)cc(C(=O)CN3CCC(C(N)=O)CC3)c2C)c1. The number of ketones is 1. The van der Waals surface area contributed by atoms with Crippen molar-refractivity contribution in [1.82, 2.24) is 9.47 Å². The predicted molar refractivity (Wildman–Crippen MR) is 110 cm³/mol. The number of piperidine rings is 1. The van der Waals surface area contributed by atoms with Gasteiger partial charge in [-0.1, -0.05) is 6.07 Å². The van der Waals surface area contributed by atoms with E-state index in [0.717, 1.165) is 48.6 Å². The summed E-state index contributed by atoms with van der Waals surface area (Å²) in [6.07, 6.45) is 3.54. The molecule has 0 unspecified atom stereocenters. The average molecular weight is 386 g/mol. The largest absolute Gasteiger partial charge is 0.369 e. The lowest BCUT2D eigenvalue weighted by atomic mass is 9.96. The fraction of sp³-hybridized carbons (Fsp3) is 0.429. The highest BCUT2D eigenvalue weighted by Gasteiger charge is 2.25. The van der Waals surface area contributed by atoms with Gasteiger partial charge in [-0.3, -0.25) is 14.5 Å². The number of benzene rings is 1. The van der Waals surface area contributed by atoms with Crippen LogP contribution in [0.25, 0.3) is 5.69 Å². The van der Waals surface area contributed by atoms with Crippen molar-refractivity contribution in [3.63, 3.8) is 0 Å². The van der Waals surface area contributed by atoms with Crippen molar-refractivity contribution in [2.75, 3.05) is 25.9 Å². The number of nitrogens with zero attached hydrogens (tertiary/aromatic N) is 2. The number of nitrogens with two attached hydrogens (primary N) is 1. The Balaban J connectivity index is 1.76. The van der Waals surface area contributed by atoms with Crippen molar-refractivity contribution >= 4 is 23.5 Å². The number of primary amides is 1. The minimum atomic E-state index is -0.225. The highest BCUT2D eigenvalue weighted by molar-refractivity contribution is 7.98. The quantitative estimate of drug-likeness (QED) is 0.612. The molecule has 1 fully saturated rings. The maximum Gasteiger partial charge on any atom is 0.220 e. The monoisotopic (exact) mass is 385 g/mol. The van der Waals surface area contributed by atoms with Crippen molar-refractivity contribution in [3.05, 3.63) is 47.3 Å². The number of Topliss-reactive ketones (excluding diaryl/α,β-unsaturated/α-hetero) is 1. The molecule has 5 nitrogen and oxygen atoms in total. The Labute approximate surface area is 164 Å². The van der Waals surface area contributed by atoms with Gasteiger partial charge in [0.05, 0.1) is 6.54 Å². The molecule has 27 heavy (non-hydrogen) atoms. The first-order valence-electron chi connectivity index (χ1n) is 9.29. The molecule has 1 aromatic heterocycles. The van der Waals surface area contributed by atoms with E-state index in [1.54, 1.807) is 11.8 Å². The van der Waals surface area contributed by atoms with E-state index in [2.05, 4.69) is 33.9 Å². The highest BCUT2D eigenvalue weighted by Crippen LogP contribution is 2.25. The van der Waals surface area contributed by atoms with Gasteiger partial charge in [0.2, 0.25) is 5.91 Å². The van der Waals surface area contributed by atoms with Crippen LogP contribution in [0.3, 0.4) is 0 Å². The second kappa shape index (κ2) is 8.31. The van der Waals surface area contributed by atoms with Crippen LogP contribution in [0.5, 0.6) is 0 Å². The van der Waals surface area contributed by atoms with Crippen molar-refractivity contribution < 1.29 is 9.59 Å². The van der Waals surface area contributed by atoms with Gasteiger partial charge >= 0.3 is 0 Å². The van der Waals surface area contributed by atoms with Crippen LogP contribution in [0.2, 0.25) is 0 Å². The molecule has 6 heteroatoms. The zero-order valence-corrected chi connectivity index (χ0v) is 17.0. The van der Waals surface area contributed by atoms with Gasteiger partial charge in [-0.15, -0.1) is 11.8 Å². The Hall–Kier alpha value is -2.05. The van der Waals surface area contributed by atoms with E-state index in [1.807, 2.05) is 26.0 Å². The topological polar surface area (TPSA) is 68.3 Å². The summed E-state index contributed by atoms with van der Waals surface area (Å²) in [6.45, 7) is 5.92. The van der Waals surface area contributed by atoms with Gasteiger partial charge in [0.15, 0.2) is 5.78 Å². The van der Waals surface area contributed by atoms with Gasteiger partial charge in [-0.2, -0.15) is 0 Å². The Morgan fingerprint density at radius 3 is 2.52 bits per heavy atom. The number of thioether (sulfide) groups is 1. The number of aromatic nitrogens is 1. The predicted octanol–water partition coefficient (Wildman–Crippen LogP) is 3.20. The Bertz CT molecular complexity index is 851. The molecule has 2 heterocycles. The van der Waals surface area contributed by atoms with Gasteiger partial charge < -0.3 is 10.3 Å². The third-order valence-corrected chi connectivity index (χ3v) is 6.13. The van der Waals surface area contributed by atoms with Gasteiger partial charge in [-0.25, -0.2) is 0 Å². The first kappa shape index (κ1) is 19.7. The van der Waals surface area contributed by atoms with E-state index in [4.69, 9.17) is 5.73 Å².